The van der Waals surface area contributed by atoms with Gasteiger partial charge in [-0.25, -0.2) is 15.0 Å². The van der Waals surface area contributed by atoms with Crippen LogP contribution in [0, 0.1) is 11.8 Å². The van der Waals surface area contributed by atoms with Crippen LogP contribution in [0.15, 0.2) is 6.33 Å². The van der Waals surface area contributed by atoms with E-state index in [9.17, 15) is 20.1 Å². The average molecular weight is 377 g/mol. The highest BCUT2D eigenvalue weighted by Gasteiger charge is 2.44. The van der Waals surface area contributed by atoms with Gasteiger partial charge in [0.1, 0.15) is 23.8 Å². The van der Waals surface area contributed by atoms with Crippen LogP contribution in [-0.4, -0.2) is 70.8 Å². The molecular formula is C16H19N5O6. The number of aliphatic hydroxyl groups excluding tert-OH is 3. The lowest BCUT2D eigenvalue weighted by molar-refractivity contribution is -0.137. The number of imidazole rings is 1. The molecule has 27 heavy (non-hydrogen) atoms. The maximum Gasteiger partial charge on any atom is 0.303 e. The quantitative estimate of drug-likeness (QED) is 0.308. The van der Waals surface area contributed by atoms with E-state index in [-0.39, 0.29) is 29.2 Å². The number of carboxylic acid groups (broad SMARTS) is 1. The summed E-state index contributed by atoms with van der Waals surface area (Å²) in [6.45, 7) is -0.453. The number of anilines is 1. The molecule has 2 aromatic rings. The first kappa shape index (κ1) is 19.0. The van der Waals surface area contributed by atoms with Crippen molar-refractivity contribution >= 4 is 23.0 Å². The SMILES string of the molecule is Nc1nc(C#CCCCC(=O)O)nc2c1ncn2[C@@H]1O[C@H](CO)C(O)C1O. The summed E-state index contributed by atoms with van der Waals surface area (Å²) in [4.78, 5) is 22.9. The first-order valence-corrected chi connectivity index (χ1v) is 8.25. The second-order valence-electron chi connectivity index (χ2n) is 6.03. The number of carbonyl (C=O) groups is 1. The summed E-state index contributed by atoms with van der Waals surface area (Å²) in [5.41, 5.74) is 6.43. The number of aliphatic carboxylic acids is 1. The number of nitrogens with two attached hydrogens (primary N) is 1. The Bertz CT molecular complexity index is 904. The van der Waals surface area contributed by atoms with Crippen molar-refractivity contribution in [3.63, 3.8) is 0 Å². The Morgan fingerprint density at radius 1 is 1.33 bits per heavy atom. The van der Waals surface area contributed by atoms with E-state index in [2.05, 4.69) is 26.8 Å². The summed E-state index contributed by atoms with van der Waals surface area (Å²) < 4.78 is 6.88. The van der Waals surface area contributed by atoms with E-state index in [0.29, 0.717) is 12.8 Å². The lowest BCUT2D eigenvalue weighted by Gasteiger charge is -2.16. The number of nitrogens with zero attached hydrogens (tertiary/aromatic N) is 4. The number of aromatic nitrogens is 4. The van der Waals surface area contributed by atoms with E-state index < -0.39 is 37.1 Å². The minimum atomic E-state index is -1.29. The van der Waals surface area contributed by atoms with Gasteiger partial charge in [-0.3, -0.25) is 9.36 Å². The number of nitrogen functional groups attached to an aromatic ring is 1. The van der Waals surface area contributed by atoms with E-state index in [1.807, 2.05) is 0 Å². The summed E-state index contributed by atoms with van der Waals surface area (Å²) in [6, 6.07) is 0. The van der Waals surface area contributed by atoms with Crippen LogP contribution in [0.1, 0.15) is 31.3 Å². The summed E-state index contributed by atoms with van der Waals surface area (Å²) in [5.74, 6) is 4.82. The molecule has 6 N–H and O–H groups in total. The average Bonchev–Trinajstić information content (AvgIpc) is 3.16. The molecule has 2 unspecified atom stereocenters. The Labute approximate surface area is 153 Å². The highest BCUT2D eigenvalue weighted by molar-refractivity contribution is 5.82. The van der Waals surface area contributed by atoms with E-state index in [4.69, 9.17) is 15.6 Å². The number of hydrogen-bond acceptors (Lipinski definition) is 9. The zero-order valence-corrected chi connectivity index (χ0v) is 14.2. The monoisotopic (exact) mass is 377 g/mol. The van der Waals surface area contributed by atoms with Gasteiger partial charge in [0.25, 0.3) is 0 Å². The molecule has 1 aliphatic heterocycles. The molecule has 3 rings (SSSR count). The fraction of sp³-hybridized carbons (Fsp3) is 0.500. The number of fused-ring (bicyclic) bond motifs is 1. The Morgan fingerprint density at radius 2 is 2.11 bits per heavy atom. The molecule has 2 aromatic heterocycles. The third-order valence-electron chi connectivity index (χ3n) is 4.13. The van der Waals surface area contributed by atoms with Crippen LogP contribution in [0.5, 0.6) is 0 Å². The van der Waals surface area contributed by atoms with Gasteiger partial charge in [0.05, 0.1) is 12.9 Å². The van der Waals surface area contributed by atoms with Crippen molar-refractivity contribution in [2.24, 2.45) is 0 Å². The van der Waals surface area contributed by atoms with Gasteiger partial charge in [-0.15, -0.1) is 0 Å². The van der Waals surface area contributed by atoms with Gasteiger partial charge in [0, 0.05) is 12.8 Å². The molecule has 144 valence electrons. The molecule has 1 fully saturated rings. The molecule has 3 heterocycles. The van der Waals surface area contributed by atoms with Crippen LogP contribution in [0.4, 0.5) is 5.82 Å². The van der Waals surface area contributed by atoms with Gasteiger partial charge in [-0.2, -0.15) is 0 Å². The number of rotatable bonds is 5. The summed E-state index contributed by atoms with van der Waals surface area (Å²) in [7, 11) is 0. The Balaban J connectivity index is 1.87. The van der Waals surface area contributed by atoms with Crippen LogP contribution >= 0.6 is 0 Å². The van der Waals surface area contributed by atoms with Crippen LogP contribution in [-0.2, 0) is 9.53 Å². The van der Waals surface area contributed by atoms with Gasteiger partial charge < -0.3 is 30.9 Å². The molecule has 0 bridgehead atoms. The Kier molecular flexibility index (Phi) is 5.52. The number of ether oxygens (including phenoxy) is 1. The van der Waals surface area contributed by atoms with E-state index in [1.165, 1.54) is 10.9 Å². The van der Waals surface area contributed by atoms with Crippen molar-refractivity contribution in [3.8, 4) is 11.8 Å². The molecule has 0 aliphatic carbocycles. The van der Waals surface area contributed by atoms with E-state index in [0.717, 1.165) is 0 Å². The summed E-state index contributed by atoms with van der Waals surface area (Å²) >= 11 is 0. The van der Waals surface area contributed by atoms with Crippen molar-refractivity contribution < 1.29 is 30.0 Å². The van der Waals surface area contributed by atoms with E-state index in [1.54, 1.807) is 0 Å². The Hall–Kier alpha value is -2.78. The molecule has 0 aromatic carbocycles. The largest absolute Gasteiger partial charge is 0.481 e. The summed E-state index contributed by atoms with van der Waals surface area (Å²) in [6.07, 6.45) is -2.36. The minimum absolute atomic E-state index is 0.0226. The van der Waals surface area contributed by atoms with Crippen molar-refractivity contribution in [1.82, 2.24) is 19.5 Å². The van der Waals surface area contributed by atoms with Gasteiger partial charge in [0.2, 0.25) is 5.82 Å². The zero-order valence-electron chi connectivity index (χ0n) is 14.2. The van der Waals surface area contributed by atoms with Crippen LogP contribution in [0.3, 0.4) is 0 Å². The molecular weight excluding hydrogens is 358 g/mol. The standard InChI is InChI=1S/C16H19N5O6/c17-14-11-15(20-9(19-14)4-2-1-3-5-10(23)24)21(7-18-11)16-13(26)12(25)8(6-22)27-16/h7-8,12-13,16,22,25-26H,1,3,5-6H2,(H,23,24)(H2,17,19,20)/t8-,12?,13?,16-/m1/s1. The van der Waals surface area contributed by atoms with E-state index >= 15 is 0 Å². The van der Waals surface area contributed by atoms with Crippen molar-refractivity contribution in [3.05, 3.63) is 12.2 Å². The molecule has 11 nitrogen and oxygen atoms in total. The van der Waals surface area contributed by atoms with Crippen LogP contribution in [0.25, 0.3) is 11.2 Å². The van der Waals surface area contributed by atoms with Crippen LogP contribution in [0.2, 0.25) is 0 Å². The number of carboxylic acids is 1. The normalized spacial score (nSPS) is 24.7. The van der Waals surface area contributed by atoms with Gasteiger partial charge >= 0.3 is 5.97 Å². The lowest BCUT2D eigenvalue weighted by atomic mass is 10.1. The van der Waals surface area contributed by atoms with Crippen LogP contribution < -0.4 is 5.73 Å². The predicted molar refractivity (Wildman–Crippen MR) is 91.1 cm³/mol. The fourth-order valence-corrected chi connectivity index (χ4v) is 2.76. The molecule has 11 heteroatoms. The maximum absolute atomic E-state index is 10.5. The fourth-order valence-electron chi connectivity index (χ4n) is 2.76. The smallest absolute Gasteiger partial charge is 0.303 e. The Morgan fingerprint density at radius 3 is 2.78 bits per heavy atom. The molecule has 4 atom stereocenters. The lowest BCUT2D eigenvalue weighted by Crippen LogP contribution is -2.33. The second kappa shape index (κ2) is 7.85. The van der Waals surface area contributed by atoms with Crippen molar-refractivity contribution in [2.45, 2.75) is 43.8 Å². The number of aliphatic hydroxyl groups is 3. The van der Waals surface area contributed by atoms with Gasteiger partial charge in [0.15, 0.2) is 17.7 Å². The molecule has 1 saturated heterocycles. The first-order valence-electron chi connectivity index (χ1n) is 8.25. The molecule has 0 saturated carbocycles. The first-order chi connectivity index (χ1) is 12.9. The second-order valence-corrected chi connectivity index (χ2v) is 6.03. The third-order valence-corrected chi connectivity index (χ3v) is 4.13. The van der Waals surface area contributed by atoms with Gasteiger partial charge in [-0.05, 0) is 12.3 Å². The molecule has 1 aliphatic rings. The van der Waals surface area contributed by atoms with Crippen molar-refractivity contribution in [2.75, 3.05) is 12.3 Å². The highest BCUT2D eigenvalue weighted by atomic mass is 16.6. The minimum Gasteiger partial charge on any atom is -0.481 e. The topological polar surface area (TPSA) is 177 Å². The maximum atomic E-state index is 10.5. The highest BCUT2D eigenvalue weighted by Crippen LogP contribution is 2.31. The zero-order chi connectivity index (χ0) is 19.6. The molecule has 0 radical (unpaired) electrons. The van der Waals surface area contributed by atoms with Crippen molar-refractivity contribution in [1.29, 1.82) is 0 Å². The summed E-state index contributed by atoms with van der Waals surface area (Å²) in [5, 5.41) is 37.9. The third kappa shape index (κ3) is 3.83. The number of unbranched alkanes of at least 4 members (excludes halogenated alkanes) is 1. The molecule has 0 amide bonds. The predicted octanol–water partition coefficient (Wildman–Crippen LogP) is -1.37. The number of hydrogen-bond donors (Lipinski definition) is 5. The molecule has 0 spiro atoms. The van der Waals surface area contributed by atoms with Gasteiger partial charge in [-0.1, -0.05) is 5.92 Å².